The van der Waals surface area contributed by atoms with Crippen LogP contribution in [0, 0.1) is 12.8 Å². The summed E-state index contributed by atoms with van der Waals surface area (Å²) in [6.07, 6.45) is 1.02. The minimum atomic E-state index is -0.177. The number of hydrogen-bond acceptors (Lipinski definition) is 8. The van der Waals surface area contributed by atoms with Gasteiger partial charge in [0.05, 0.1) is 0 Å². The van der Waals surface area contributed by atoms with E-state index < -0.39 is 0 Å². The zero-order valence-corrected chi connectivity index (χ0v) is 20.8. The third-order valence-electron chi connectivity index (χ3n) is 5.78. The van der Waals surface area contributed by atoms with Crippen LogP contribution in [0.3, 0.4) is 0 Å². The predicted octanol–water partition coefficient (Wildman–Crippen LogP) is 4.04. The molecule has 1 amide bonds. The van der Waals surface area contributed by atoms with Crippen molar-refractivity contribution >= 4 is 35.1 Å². The topological polar surface area (TPSA) is 107 Å². The molecule has 4 N–H and O–H groups in total. The molecule has 1 saturated heterocycles. The van der Waals surface area contributed by atoms with Gasteiger partial charge in [-0.15, -0.1) is 0 Å². The van der Waals surface area contributed by atoms with Gasteiger partial charge in [0.25, 0.3) is 5.91 Å². The van der Waals surface area contributed by atoms with E-state index >= 15 is 0 Å². The first-order chi connectivity index (χ1) is 16.9. The van der Waals surface area contributed by atoms with Crippen LogP contribution >= 0.6 is 0 Å². The van der Waals surface area contributed by atoms with E-state index in [9.17, 15) is 4.79 Å². The second kappa shape index (κ2) is 11.1. The maximum absolute atomic E-state index is 12.8. The Labute approximate surface area is 206 Å². The normalized spacial score (nSPS) is 15.2. The number of amides is 1. The van der Waals surface area contributed by atoms with Crippen LogP contribution in [-0.4, -0.2) is 53.6 Å². The van der Waals surface area contributed by atoms with Crippen LogP contribution < -0.4 is 26.2 Å². The molecule has 35 heavy (non-hydrogen) atoms. The number of carbonyl (C=O) groups is 1. The molecule has 9 nitrogen and oxygen atoms in total. The van der Waals surface area contributed by atoms with Gasteiger partial charge < -0.3 is 26.2 Å². The summed E-state index contributed by atoms with van der Waals surface area (Å²) in [7, 11) is 1.99. The predicted molar refractivity (Wildman–Crippen MR) is 142 cm³/mol. The molecule has 1 atom stereocenters. The lowest BCUT2D eigenvalue weighted by Gasteiger charge is -2.21. The molecule has 0 bridgehead atoms. The molecule has 0 spiro atoms. The summed E-state index contributed by atoms with van der Waals surface area (Å²) in [5.74, 6) is 1.86. The largest absolute Gasteiger partial charge is 0.350 e. The smallest absolute Gasteiger partial charge is 0.255 e. The Balaban J connectivity index is 1.58. The molecule has 9 heteroatoms. The van der Waals surface area contributed by atoms with Gasteiger partial charge in [-0.2, -0.15) is 15.0 Å². The van der Waals surface area contributed by atoms with Crippen LogP contribution in [0.25, 0.3) is 0 Å². The summed E-state index contributed by atoms with van der Waals surface area (Å²) in [6.45, 7) is 8.99. The highest BCUT2D eigenvalue weighted by Gasteiger charge is 2.18. The Morgan fingerprint density at radius 2 is 1.89 bits per heavy atom. The molecule has 1 aliphatic heterocycles. The molecule has 2 heterocycles. The number of hydrogen-bond donors (Lipinski definition) is 4. The van der Waals surface area contributed by atoms with Gasteiger partial charge >= 0.3 is 0 Å². The van der Waals surface area contributed by atoms with Gasteiger partial charge in [-0.25, -0.2) is 0 Å². The SMILES string of the molecule is Cc1ccc(C(=O)Nc2ccccc2)cc1Nc1nc(N[C@H]2CCNC2)nc(N(C)CC(C)C)n1. The first kappa shape index (κ1) is 24.4. The molecule has 0 aliphatic carbocycles. The van der Waals surface area contributed by atoms with Crippen LogP contribution in [0.15, 0.2) is 48.5 Å². The monoisotopic (exact) mass is 474 g/mol. The zero-order valence-electron chi connectivity index (χ0n) is 20.8. The van der Waals surface area contributed by atoms with Crippen molar-refractivity contribution in [3.8, 4) is 0 Å². The summed E-state index contributed by atoms with van der Waals surface area (Å²) < 4.78 is 0. The van der Waals surface area contributed by atoms with E-state index in [4.69, 9.17) is 0 Å². The highest BCUT2D eigenvalue weighted by atomic mass is 16.1. The lowest BCUT2D eigenvalue weighted by Crippen LogP contribution is -2.27. The molecule has 0 radical (unpaired) electrons. The van der Waals surface area contributed by atoms with E-state index in [1.807, 2.05) is 67.4 Å². The summed E-state index contributed by atoms with van der Waals surface area (Å²) in [5, 5.41) is 13.0. The van der Waals surface area contributed by atoms with Crippen molar-refractivity contribution < 1.29 is 4.79 Å². The lowest BCUT2D eigenvalue weighted by atomic mass is 10.1. The van der Waals surface area contributed by atoms with E-state index in [2.05, 4.69) is 50.1 Å². The summed E-state index contributed by atoms with van der Waals surface area (Å²) in [6, 6.07) is 15.2. The fraction of sp³-hybridized carbons (Fsp3) is 0.385. The van der Waals surface area contributed by atoms with Crippen molar-refractivity contribution in [2.45, 2.75) is 33.2 Å². The molecule has 0 saturated carbocycles. The molecule has 0 unspecified atom stereocenters. The number of rotatable bonds is 9. The van der Waals surface area contributed by atoms with Gasteiger partial charge in [0.1, 0.15) is 0 Å². The number of benzene rings is 2. The average molecular weight is 475 g/mol. The Morgan fingerprint density at radius 1 is 1.11 bits per heavy atom. The molecule has 3 aromatic rings. The van der Waals surface area contributed by atoms with E-state index in [1.54, 1.807) is 0 Å². The average Bonchev–Trinajstić information content (AvgIpc) is 3.33. The second-order valence-electron chi connectivity index (χ2n) is 9.37. The highest BCUT2D eigenvalue weighted by Crippen LogP contribution is 2.23. The van der Waals surface area contributed by atoms with Crippen molar-refractivity contribution in [2.24, 2.45) is 5.92 Å². The summed E-state index contributed by atoms with van der Waals surface area (Å²) >= 11 is 0. The first-order valence-corrected chi connectivity index (χ1v) is 12.1. The number of aromatic nitrogens is 3. The molecule has 4 rings (SSSR count). The Hall–Kier alpha value is -3.72. The number of anilines is 5. The van der Waals surface area contributed by atoms with Crippen molar-refractivity contribution in [3.63, 3.8) is 0 Å². The van der Waals surface area contributed by atoms with Crippen molar-refractivity contribution in [1.82, 2.24) is 20.3 Å². The van der Waals surface area contributed by atoms with Gasteiger partial charge in [0.2, 0.25) is 17.8 Å². The van der Waals surface area contributed by atoms with Gasteiger partial charge in [0, 0.05) is 43.1 Å². The first-order valence-electron chi connectivity index (χ1n) is 12.1. The van der Waals surface area contributed by atoms with E-state index in [1.165, 1.54) is 0 Å². The van der Waals surface area contributed by atoms with Gasteiger partial charge in [-0.1, -0.05) is 38.1 Å². The highest BCUT2D eigenvalue weighted by molar-refractivity contribution is 6.05. The van der Waals surface area contributed by atoms with Gasteiger partial charge in [-0.3, -0.25) is 4.79 Å². The zero-order chi connectivity index (χ0) is 24.8. The fourth-order valence-electron chi connectivity index (χ4n) is 3.99. The molecule has 1 aliphatic rings. The minimum Gasteiger partial charge on any atom is -0.350 e. The van der Waals surface area contributed by atoms with Crippen molar-refractivity contribution in [1.29, 1.82) is 0 Å². The molecular formula is C26H34N8O. The number of aryl methyl sites for hydroxylation is 1. The fourth-order valence-corrected chi connectivity index (χ4v) is 3.99. The second-order valence-corrected chi connectivity index (χ2v) is 9.37. The van der Waals surface area contributed by atoms with E-state index in [-0.39, 0.29) is 11.9 Å². The standard InChI is InChI=1S/C26H34N8O/c1-17(2)16-34(4)26-32-24(29-21-12-13-27-15-21)31-25(33-26)30-22-14-19(11-10-18(22)3)23(35)28-20-8-6-5-7-9-20/h5-11,14,17,21,27H,12-13,15-16H2,1-4H3,(H,28,35)(H2,29,30,31,32,33)/t21-/m0/s1. The summed E-state index contributed by atoms with van der Waals surface area (Å²) in [5.41, 5.74) is 3.04. The molecular weight excluding hydrogens is 440 g/mol. The third kappa shape index (κ3) is 6.66. The van der Waals surface area contributed by atoms with Crippen molar-refractivity contribution in [2.75, 3.05) is 47.5 Å². The number of nitrogens with one attached hydrogen (secondary N) is 4. The number of carbonyl (C=O) groups excluding carboxylic acids is 1. The van der Waals surface area contributed by atoms with Gasteiger partial charge in [0.15, 0.2) is 0 Å². The molecule has 184 valence electrons. The quantitative estimate of drug-likeness (QED) is 0.368. The van der Waals surface area contributed by atoms with Crippen LogP contribution in [0.1, 0.15) is 36.2 Å². The number of para-hydroxylation sites is 1. The molecule has 1 aromatic heterocycles. The number of nitrogens with zero attached hydrogens (tertiary/aromatic N) is 4. The third-order valence-corrected chi connectivity index (χ3v) is 5.78. The Bertz CT molecular complexity index is 1150. The van der Waals surface area contributed by atoms with Gasteiger partial charge in [-0.05, 0) is 55.6 Å². The summed E-state index contributed by atoms with van der Waals surface area (Å²) in [4.78, 5) is 28.8. The van der Waals surface area contributed by atoms with Crippen LogP contribution in [-0.2, 0) is 0 Å². The maximum Gasteiger partial charge on any atom is 0.255 e. The Kier molecular flexibility index (Phi) is 7.77. The van der Waals surface area contributed by atoms with Crippen LogP contribution in [0.5, 0.6) is 0 Å². The molecule has 1 fully saturated rings. The maximum atomic E-state index is 12.8. The van der Waals surface area contributed by atoms with E-state index in [0.717, 1.165) is 43.0 Å². The van der Waals surface area contributed by atoms with E-state index in [0.29, 0.717) is 29.3 Å². The van der Waals surface area contributed by atoms with Crippen LogP contribution in [0.4, 0.5) is 29.2 Å². The van der Waals surface area contributed by atoms with Crippen LogP contribution in [0.2, 0.25) is 0 Å². The van der Waals surface area contributed by atoms with Crippen molar-refractivity contribution in [3.05, 3.63) is 59.7 Å². The minimum absolute atomic E-state index is 0.177. The lowest BCUT2D eigenvalue weighted by molar-refractivity contribution is 0.102. The molecule has 2 aromatic carbocycles. The Morgan fingerprint density at radius 3 is 2.60 bits per heavy atom.